The van der Waals surface area contributed by atoms with E-state index < -0.39 is 18.0 Å². The summed E-state index contributed by atoms with van der Waals surface area (Å²) >= 11 is 0. The zero-order chi connectivity index (χ0) is 15.8. The number of esters is 1. The molecule has 0 aliphatic rings. The number of para-hydroxylation sites is 1. The number of nitrogens with one attached hydrogen (secondary N) is 1. The highest BCUT2D eigenvalue weighted by atomic mass is 16.5. The molecule has 1 amide bonds. The van der Waals surface area contributed by atoms with Gasteiger partial charge in [0, 0.05) is 6.42 Å². The van der Waals surface area contributed by atoms with E-state index in [1.807, 2.05) is 5.32 Å². The molecular weight excluding hydrogens is 280 g/mol. The number of aromatic carboxylic acids is 1. The molecule has 0 unspecified atom stereocenters. The molecule has 3 N–H and O–H groups in total. The van der Waals surface area contributed by atoms with E-state index in [2.05, 4.69) is 9.73 Å². The van der Waals surface area contributed by atoms with Crippen LogP contribution < -0.4 is 5.32 Å². The standard InChI is InChI=1S/C13H14N2O6/c1-21-11(16)7-6-10(15-13(19)20)14-9-5-3-2-4-8(9)12(17)18/h2-5H,6-7H2,1H3,(H,14,15)(H,17,18)(H,19,20). The van der Waals surface area contributed by atoms with Crippen molar-refractivity contribution < 1.29 is 29.3 Å². The fourth-order valence-corrected chi connectivity index (χ4v) is 1.49. The molecule has 0 radical (unpaired) electrons. The summed E-state index contributed by atoms with van der Waals surface area (Å²) in [5.74, 6) is -1.75. The van der Waals surface area contributed by atoms with Crippen LogP contribution in [-0.2, 0) is 9.53 Å². The van der Waals surface area contributed by atoms with E-state index in [1.54, 1.807) is 6.07 Å². The molecule has 1 aromatic carbocycles. The lowest BCUT2D eigenvalue weighted by Crippen LogP contribution is -2.29. The lowest BCUT2D eigenvalue weighted by Gasteiger charge is -2.07. The van der Waals surface area contributed by atoms with Crippen molar-refractivity contribution in [1.82, 2.24) is 5.32 Å². The second-order valence-electron chi connectivity index (χ2n) is 3.89. The van der Waals surface area contributed by atoms with E-state index in [4.69, 9.17) is 10.2 Å². The number of benzene rings is 1. The average molecular weight is 294 g/mol. The SMILES string of the molecule is COC(=O)CCC(=Nc1ccccc1C(=O)O)NC(=O)O. The molecule has 0 aliphatic heterocycles. The maximum absolute atomic E-state index is 11.1. The molecule has 0 aromatic heterocycles. The van der Waals surface area contributed by atoms with Crippen LogP contribution in [0.4, 0.5) is 10.5 Å². The predicted molar refractivity (Wildman–Crippen MR) is 72.9 cm³/mol. The van der Waals surface area contributed by atoms with Crippen LogP contribution >= 0.6 is 0 Å². The molecule has 1 aromatic rings. The van der Waals surface area contributed by atoms with Gasteiger partial charge in [-0.25, -0.2) is 14.6 Å². The lowest BCUT2D eigenvalue weighted by atomic mass is 10.2. The summed E-state index contributed by atoms with van der Waals surface area (Å²) in [6.07, 6.45) is -1.45. The van der Waals surface area contributed by atoms with Crippen molar-refractivity contribution in [2.75, 3.05) is 7.11 Å². The molecule has 0 saturated carbocycles. The summed E-state index contributed by atoms with van der Waals surface area (Å²) in [4.78, 5) is 36.8. The number of ether oxygens (including phenoxy) is 1. The molecule has 0 aliphatic carbocycles. The van der Waals surface area contributed by atoms with Gasteiger partial charge in [0.1, 0.15) is 5.84 Å². The zero-order valence-corrected chi connectivity index (χ0v) is 11.2. The smallest absolute Gasteiger partial charge is 0.410 e. The number of hydrogen-bond donors (Lipinski definition) is 3. The molecule has 0 spiro atoms. The summed E-state index contributed by atoms with van der Waals surface area (Å²) in [6, 6.07) is 5.89. The number of carbonyl (C=O) groups excluding carboxylic acids is 1. The minimum atomic E-state index is -1.36. The van der Waals surface area contributed by atoms with Gasteiger partial charge in [-0.05, 0) is 12.1 Å². The number of methoxy groups -OCH3 is 1. The van der Waals surface area contributed by atoms with Crippen LogP contribution in [0, 0.1) is 0 Å². The van der Waals surface area contributed by atoms with Crippen molar-refractivity contribution in [3.63, 3.8) is 0 Å². The minimum Gasteiger partial charge on any atom is -0.478 e. The minimum absolute atomic E-state index is 0.0209. The molecule has 8 heteroatoms. The number of amidine groups is 1. The van der Waals surface area contributed by atoms with E-state index >= 15 is 0 Å². The Bertz CT molecular complexity index is 582. The van der Waals surface area contributed by atoms with E-state index in [9.17, 15) is 14.4 Å². The molecule has 0 atom stereocenters. The number of carboxylic acid groups (broad SMARTS) is 2. The number of amides is 1. The number of nitrogens with zero attached hydrogens (tertiary/aromatic N) is 1. The first-order valence-electron chi connectivity index (χ1n) is 5.90. The lowest BCUT2D eigenvalue weighted by molar-refractivity contribution is -0.140. The van der Waals surface area contributed by atoms with Crippen LogP contribution in [0.3, 0.4) is 0 Å². The number of aliphatic imine (C=N–C) groups is 1. The summed E-state index contributed by atoms with van der Waals surface area (Å²) < 4.78 is 4.45. The van der Waals surface area contributed by atoms with Crippen LogP contribution in [0.25, 0.3) is 0 Å². The van der Waals surface area contributed by atoms with Crippen molar-refractivity contribution in [3.05, 3.63) is 29.8 Å². The monoisotopic (exact) mass is 294 g/mol. The Morgan fingerprint density at radius 1 is 1.19 bits per heavy atom. The fraction of sp³-hybridized carbons (Fsp3) is 0.231. The first-order chi connectivity index (χ1) is 9.93. The molecule has 112 valence electrons. The molecule has 0 bridgehead atoms. The third kappa shape index (κ3) is 5.31. The van der Waals surface area contributed by atoms with Gasteiger partial charge in [-0.3, -0.25) is 10.1 Å². The topological polar surface area (TPSA) is 125 Å². The highest BCUT2D eigenvalue weighted by Gasteiger charge is 2.12. The Morgan fingerprint density at radius 3 is 2.43 bits per heavy atom. The Balaban J connectivity index is 3.04. The van der Waals surface area contributed by atoms with Gasteiger partial charge in [-0.15, -0.1) is 0 Å². The molecular formula is C13H14N2O6. The maximum atomic E-state index is 11.1. The Kier molecular flexibility index (Phi) is 5.87. The highest BCUT2D eigenvalue weighted by Crippen LogP contribution is 2.19. The highest BCUT2D eigenvalue weighted by molar-refractivity contribution is 6.00. The summed E-state index contributed by atoms with van der Waals surface area (Å²) in [5, 5.41) is 19.8. The second-order valence-corrected chi connectivity index (χ2v) is 3.89. The Labute approximate surface area is 120 Å². The van der Waals surface area contributed by atoms with Crippen molar-refractivity contribution in [2.24, 2.45) is 4.99 Å². The van der Waals surface area contributed by atoms with Gasteiger partial charge in [0.05, 0.1) is 24.8 Å². The predicted octanol–water partition coefficient (Wildman–Crippen LogP) is 1.64. The van der Waals surface area contributed by atoms with Crippen molar-refractivity contribution in [3.8, 4) is 0 Å². The molecule has 1 rings (SSSR count). The average Bonchev–Trinajstić information content (AvgIpc) is 2.44. The molecule has 0 heterocycles. The molecule has 8 nitrogen and oxygen atoms in total. The normalized spacial score (nSPS) is 10.8. The quantitative estimate of drug-likeness (QED) is 0.430. The third-order valence-corrected chi connectivity index (χ3v) is 2.43. The largest absolute Gasteiger partial charge is 0.478 e. The first-order valence-corrected chi connectivity index (χ1v) is 5.90. The van der Waals surface area contributed by atoms with Gasteiger partial charge >= 0.3 is 18.0 Å². The van der Waals surface area contributed by atoms with E-state index in [0.29, 0.717) is 0 Å². The van der Waals surface area contributed by atoms with Gasteiger partial charge in [0.2, 0.25) is 0 Å². The zero-order valence-electron chi connectivity index (χ0n) is 11.2. The van der Waals surface area contributed by atoms with Crippen LogP contribution in [0.2, 0.25) is 0 Å². The summed E-state index contributed by atoms with van der Waals surface area (Å²) in [6.45, 7) is 0. The maximum Gasteiger partial charge on any atom is 0.410 e. The van der Waals surface area contributed by atoms with Gasteiger partial charge in [0.15, 0.2) is 0 Å². The van der Waals surface area contributed by atoms with Gasteiger partial charge < -0.3 is 14.9 Å². The second kappa shape index (κ2) is 7.63. The fourth-order valence-electron chi connectivity index (χ4n) is 1.49. The number of hydrogen-bond acceptors (Lipinski definition) is 5. The van der Waals surface area contributed by atoms with Crippen molar-refractivity contribution in [1.29, 1.82) is 0 Å². The third-order valence-electron chi connectivity index (χ3n) is 2.43. The van der Waals surface area contributed by atoms with Crippen LogP contribution in [0.5, 0.6) is 0 Å². The van der Waals surface area contributed by atoms with E-state index in [-0.39, 0.29) is 29.9 Å². The molecule has 0 saturated heterocycles. The number of carboxylic acids is 1. The number of carbonyl (C=O) groups is 3. The van der Waals surface area contributed by atoms with Crippen LogP contribution in [0.15, 0.2) is 29.3 Å². The van der Waals surface area contributed by atoms with E-state index in [0.717, 1.165) is 0 Å². The summed E-state index contributed by atoms with van der Waals surface area (Å²) in [5.41, 5.74) is 0.0267. The van der Waals surface area contributed by atoms with Gasteiger partial charge in [0.25, 0.3) is 0 Å². The Morgan fingerprint density at radius 2 is 1.86 bits per heavy atom. The number of rotatable bonds is 5. The van der Waals surface area contributed by atoms with E-state index in [1.165, 1.54) is 25.3 Å². The van der Waals surface area contributed by atoms with Crippen LogP contribution in [-0.4, -0.2) is 41.2 Å². The van der Waals surface area contributed by atoms with Crippen molar-refractivity contribution in [2.45, 2.75) is 12.8 Å². The molecule has 0 fully saturated rings. The molecule has 21 heavy (non-hydrogen) atoms. The first kappa shape index (κ1) is 16.2. The van der Waals surface area contributed by atoms with Gasteiger partial charge in [-0.1, -0.05) is 12.1 Å². The van der Waals surface area contributed by atoms with Crippen molar-refractivity contribution >= 4 is 29.6 Å². The summed E-state index contributed by atoms with van der Waals surface area (Å²) in [7, 11) is 1.21. The van der Waals surface area contributed by atoms with Gasteiger partial charge in [-0.2, -0.15) is 0 Å². The van der Waals surface area contributed by atoms with Crippen LogP contribution in [0.1, 0.15) is 23.2 Å². The Hall–Kier alpha value is -2.90.